The van der Waals surface area contributed by atoms with E-state index in [1.165, 1.54) is 31.0 Å². The standard InChI is InChI=1S/C22H25N3O2S/c26-20(24-16-9-4-2-1-3-5-10-16)15-25-18-12-6-7-13-19(18)28-21-17(22(25)27)11-8-14-23-21/h6-8,11-14,16H,1-5,9-10,15H2,(H,24,26). The summed E-state index contributed by atoms with van der Waals surface area (Å²) in [5.74, 6) is -0.264. The lowest BCUT2D eigenvalue weighted by molar-refractivity contribution is -0.120. The van der Waals surface area contributed by atoms with Gasteiger partial charge in [0, 0.05) is 17.1 Å². The number of pyridine rings is 1. The second-order valence-corrected chi connectivity index (χ2v) is 8.46. The minimum absolute atomic E-state index is 0.0290. The summed E-state index contributed by atoms with van der Waals surface area (Å²) in [6.45, 7) is 0.0290. The van der Waals surface area contributed by atoms with Gasteiger partial charge in [0.05, 0.1) is 11.3 Å². The predicted molar refractivity (Wildman–Crippen MR) is 111 cm³/mol. The highest BCUT2D eigenvalue weighted by Crippen LogP contribution is 2.39. The zero-order valence-corrected chi connectivity index (χ0v) is 16.7. The molecule has 0 spiro atoms. The normalized spacial score (nSPS) is 17.7. The second-order valence-electron chi connectivity index (χ2n) is 7.43. The van der Waals surface area contributed by atoms with E-state index in [4.69, 9.17) is 0 Å². The van der Waals surface area contributed by atoms with Crippen molar-refractivity contribution in [1.29, 1.82) is 0 Å². The summed E-state index contributed by atoms with van der Waals surface area (Å²) < 4.78 is 0. The lowest BCUT2D eigenvalue weighted by Gasteiger charge is -2.25. The van der Waals surface area contributed by atoms with Gasteiger partial charge in [-0.25, -0.2) is 4.98 Å². The summed E-state index contributed by atoms with van der Waals surface area (Å²) in [4.78, 5) is 32.9. The molecule has 0 radical (unpaired) electrons. The smallest absolute Gasteiger partial charge is 0.261 e. The molecule has 0 saturated heterocycles. The van der Waals surface area contributed by atoms with E-state index in [0.717, 1.165) is 36.3 Å². The van der Waals surface area contributed by atoms with Crippen molar-refractivity contribution in [2.75, 3.05) is 11.4 Å². The van der Waals surface area contributed by atoms with Crippen LogP contribution in [0.15, 0.2) is 52.5 Å². The number of benzene rings is 1. The fourth-order valence-electron chi connectivity index (χ4n) is 3.93. The van der Waals surface area contributed by atoms with Crippen LogP contribution >= 0.6 is 11.8 Å². The van der Waals surface area contributed by atoms with Gasteiger partial charge in [0.25, 0.3) is 5.91 Å². The Labute approximate surface area is 169 Å². The summed E-state index contributed by atoms with van der Waals surface area (Å²) in [7, 11) is 0. The van der Waals surface area contributed by atoms with Gasteiger partial charge in [0.1, 0.15) is 11.6 Å². The Hall–Kier alpha value is -2.34. The van der Waals surface area contributed by atoms with Crippen LogP contribution in [-0.2, 0) is 4.79 Å². The molecule has 5 nitrogen and oxygen atoms in total. The van der Waals surface area contributed by atoms with E-state index in [1.54, 1.807) is 23.2 Å². The zero-order valence-electron chi connectivity index (χ0n) is 15.9. The molecule has 0 bridgehead atoms. The number of nitrogens with one attached hydrogen (secondary N) is 1. The molecule has 28 heavy (non-hydrogen) atoms. The van der Waals surface area contributed by atoms with Crippen LogP contribution in [0.5, 0.6) is 0 Å². The van der Waals surface area contributed by atoms with Crippen LogP contribution in [0.3, 0.4) is 0 Å². The van der Waals surface area contributed by atoms with Crippen LogP contribution < -0.4 is 10.2 Å². The lowest BCUT2D eigenvalue weighted by Crippen LogP contribution is -2.44. The molecule has 2 amide bonds. The van der Waals surface area contributed by atoms with Crippen LogP contribution in [-0.4, -0.2) is 29.4 Å². The van der Waals surface area contributed by atoms with Crippen molar-refractivity contribution < 1.29 is 9.59 Å². The molecule has 2 heterocycles. The Bertz CT molecular complexity index is 862. The summed E-state index contributed by atoms with van der Waals surface area (Å²) >= 11 is 1.47. The molecule has 2 aliphatic rings. The molecule has 1 aliphatic heterocycles. The Morgan fingerprint density at radius 2 is 1.82 bits per heavy atom. The minimum atomic E-state index is -0.173. The first-order valence-corrected chi connectivity index (χ1v) is 10.9. The Morgan fingerprint density at radius 1 is 1.07 bits per heavy atom. The average Bonchev–Trinajstić information content (AvgIpc) is 2.79. The largest absolute Gasteiger partial charge is 0.352 e. The zero-order chi connectivity index (χ0) is 19.3. The van der Waals surface area contributed by atoms with E-state index in [1.807, 2.05) is 24.3 Å². The number of carbonyl (C=O) groups is 2. The van der Waals surface area contributed by atoms with E-state index in [0.29, 0.717) is 10.6 Å². The molecule has 1 aromatic carbocycles. The molecule has 2 aromatic rings. The Balaban J connectivity index is 1.55. The van der Waals surface area contributed by atoms with Gasteiger partial charge >= 0.3 is 0 Å². The topological polar surface area (TPSA) is 62.3 Å². The third-order valence-electron chi connectivity index (χ3n) is 5.38. The number of amides is 2. The SMILES string of the molecule is O=C(CN1C(=O)c2cccnc2Sc2ccccc21)NC1CCCCCCC1. The number of para-hydroxylation sites is 1. The van der Waals surface area contributed by atoms with Gasteiger partial charge in [-0.3, -0.25) is 14.5 Å². The maximum atomic E-state index is 13.2. The van der Waals surface area contributed by atoms with Gasteiger partial charge in [-0.05, 0) is 37.1 Å². The van der Waals surface area contributed by atoms with E-state index in [9.17, 15) is 9.59 Å². The summed E-state index contributed by atoms with van der Waals surface area (Å²) in [5.41, 5.74) is 1.31. The van der Waals surface area contributed by atoms with Crippen molar-refractivity contribution in [3.63, 3.8) is 0 Å². The van der Waals surface area contributed by atoms with E-state index >= 15 is 0 Å². The van der Waals surface area contributed by atoms with E-state index in [2.05, 4.69) is 10.3 Å². The van der Waals surface area contributed by atoms with Crippen LogP contribution in [0.1, 0.15) is 55.3 Å². The van der Waals surface area contributed by atoms with Crippen molar-refractivity contribution in [1.82, 2.24) is 10.3 Å². The summed E-state index contributed by atoms with van der Waals surface area (Å²) in [5, 5.41) is 3.86. The van der Waals surface area contributed by atoms with Gasteiger partial charge in [-0.15, -0.1) is 0 Å². The number of rotatable bonds is 3. The first-order chi connectivity index (χ1) is 13.7. The van der Waals surface area contributed by atoms with Gasteiger partial charge in [0.2, 0.25) is 5.91 Å². The number of nitrogens with zero attached hydrogens (tertiary/aromatic N) is 2. The molecule has 146 valence electrons. The van der Waals surface area contributed by atoms with Gasteiger partial charge in [-0.1, -0.05) is 56.0 Å². The maximum Gasteiger partial charge on any atom is 0.261 e. The van der Waals surface area contributed by atoms with Crippen molar-refractivity contribution in [2.24, 2.45) is 0 Å². The fourth-order valence-corrected chi connectivity index (χ4v) is 4.95. The molecule has 0 unspecified atom stereocenters. The number of hydrogen-bond acceptors (Lipinski definition) is 4. The van der Waals surface area contributed by atoms with E-state index < -0.39 is 0 Å². The molecular formula is C22H25N3O2S. The van der Waals surface area contributed by atoms with Crippen LogP contribution in [0, 0.1) is 0 Å². The Morgan fingerprint density at radius 3 is 2.64 bits per heavy atom. The van der Waals surface area contributed by atoms with Gasteiger partial charge in [-0.2, -0.15) is 0 Å². The third-order valence-corrected chi connectivity index (χ3v) is 6.47. The van der Waals surface area contributed by atoms with Crippen LogP contribution in [0.4, 0.5) is 5.69 Å². The fraction of sp³-hybridized carbons (Fsp3) is 0.409. The highest BCUT2D eigenvalue weighted by atomic mass is 32.2. The molecule has 1 fully saturated rings. The monoisotopic (exact) mass is 395 g/mol. The molecule has 1 saturated carbocycles. The highest BCUT2D eigenvalue weighted by Gasteiger charge is 2.29. The van der Waals surface area contributed by atoms with Crippen molar-refractivity contribution in [3.05, 3.63) is 48.2 Å². The van der Waals surface area contributed by atoms with Crippen LogP contribution in [0.25, 0.3) is 0 Å². The van der Waals surface area contributed by atoms with Gasteiger partial charge in [0.15, 0.2) is 0 Å². The highest BCUT2D eigenvalue weighted by molar-refractivity contribution is 7.99. The summed E-state index contributed by atoms with van der Waals surface area (Å²) in [6.07, 6.45) is 9.84. The predicted octanol–water partition coefficient (Wildman–Crippen LogP) is 4.42. The number of aromatic nitrogens is 1. The van der Waals surface area contributed by atoms with Crippen molar-refractivity contribution in [3.8, 4) is 0 Å². The number of fused-ring (bicyclic) bond motifs is 2. The molecule has 1 aromatic heterocycles. The maximum absolute atomic E-state index is 13.2. The van der Waals surface area contributed by atoms with Crippen LogP contribution in [0.2, 0.25) is 0 Å². The molecule has 6 heteroatoms. The average molecular weight is 396 g/mol. The third kappa shape index (κ3) is 4.22. The molecular weight excluding hydrogens is 370 g/mol. The molecule has 1 N–H and O–H groups in total. The van der Waals surface area contributed by atoms with Crippen molar-refractivity contribution in [2.45, 2.75) is 60.9 Å². The first-order valence-electron chi connectivity index (χ1n) is 10.1. The van der Waals surface area contributed by atoms with Crippen molar-refractivity contribution >= 4 is 29.3 Å². The summed E-state index contributed by atoms with van der Waals surface area (Å²) in [6, 6.07) is 11.5. The Kier molecular flexibility index (Phi) is 5.95. The molecule has 0 atom stereocenters. The quantitative estimate of drug-likeness (QED) is 0.836. The lowest BCUT2D eigenvalue weighted by atomic mass is 9.97. The number of hydrogen-bond donors (Lipinski definition) is 1. The first kappa shape index (κ1) is 19.0. The van der Waals surface area contributed by atoms with Gasteiger partial charge < -0.3 is 5.32 Å². The number of carbonyl (C=O) groups excluding carboxylic acids is 2. The number of anilines is 1. The second kappa shape index (κ2) is 8.78. The molecule has 1 aliphatic carbocycles. The molecule has 4 rings (SSSR count). The van der Waals surface area contributed by atoms with E-state index in [-0.39, 0.29) is 24.4 Å². The minimum Gasteiger partial charge on any atom is -0.352 e.